The largest absolute Gasteiger partial charge is 0.493 e. The lowest BCUT2D eigenvalue weighted by Crippen LogP contribution is -2.39. The summed E-state index contributed by atoms with van der Waals surface area (Å²) in [6.45, 7) is 27.4. The fraction of sp³-hybridized carbons (Fsp3) is 0.534. The minimum atomic E-state index is -1.24. The second kappa shape index (κ2) is 26.8. The van der Waals surface area contributed by atoms with Crippen LogP contribution in [0, 0.1) is 10.8 Å². The molecule has 7 rings (SSSR count). The zero-order valence-corrected chi connectivity index (χ0v) is 51.4. The number of Topliss-reactive ketones (excluding diaryl/α,β-unsaturated/α-hetero) is 2. The van der Waals surface area contributed by atoms with Crippen molar-refractivity contribution in [2.75, 3.05) is 88.7 Å². The van der Waals surface area contributed by atoms with Gasteiger partial charge >= 0.3 is 0 Å². The molecular formula is C58H83N7O12Si2. The molecule has 1 aliphatic heterocycles. The number of carbonyl (C=O) groups is 3. The van der Waals surface area contributed by atoms with Crippen LogP contribution in [-0.2, 0) is 32.5 Å². The molecule has 21 heteroatoms. The maximum absolute atomic E-state index is 14.1. The SMILES string of the molecule is COc1cc(-c2cnc3c(n2)c(C(=O)C(C)(C)CC=O)cn3COCC[Si](C)(C)C)cc(OC)c1OC.COc1cc(-c2cnc3c(n2)c(C(=O)C(C)(C)CCN2CCOCC2)cn3COCC[Si](C)(C)C)cc(OC)c1OC. The molecule has 2 aromatic carbocycles. The van der Waals surface area contributed by atoms with Crippen molar-refractivity contribution < 1.29 is 57.0 Å². The lowest BCUT2D eigenvalue weighted by molar-refractivity contribution is -0.109. The van der Waals surface area contributed by atoms with Crippen molar-refractivity contribution in [3.05, 3.63) is 60.2 Å². The number of benzene rings is 2. The summed E-state index contributed by atoms with van der Waals surface area (Å²) < 4.78 is 54.2. The van der Waals surface area contributed by atoms with Gasteiger partial charge in [-0.3, -0.25) is 14.5 Å². The van der Waals surface area contributed by atoms with Crippen LogP contribution in [-0.4, -0.2) is 157 Å². The molecule has 0 spiro atoms. The number of methoxy groups -OCH3 is 6. The van der Waals surface area contributed by atoms with Crippen molar-refractivity contribution in [1.82, 2.24) is 34.0 Å². The first-order chi connectivity index (χ1) is 37.4. The Balaban J connectivity index is 0.000000257. The monoisotopic (exact) mass is 1130 g/mol. The summed E-state index contributed by atoms with van der Waals surface area (Å²) in [5.41, 5.74) is 4.18. The molecule has 0 bridgehead atoms. The van der Waals surface area contributed by atoms with Crippen LogP contribution in [0.5, 0.6) is 34.5 Å². The third-order valence-corrected chi connectivity index (χ3v) is 17.4. The van der Waals surface area contributed by atoms with Gasteiger partial charge < -0.3 is 56.6 Å². The molecule has 430 valence electrons. The number of hydrogen-bond donors (Lipinski definition) is 0. The van der Waals surface area contributed by atoms with Gasteiger partial charge in [-0.15, -0.1) is 0 Å². The summed E-state index contributed by atoms with van der Waals surface area (Å²) in [7, 11) is 6.88. The molecular weight excluding hydrogens is 1040 g/mol. The van der Waals surface area contributed by atoms with Crippen molar-refractivity contribution in [1.29, 1.82) is 0 Å². The van der Waals surface area contributed by atoms with Gasteiger partial charge in [-0.2, -0.15) is 0 Å². The molecule has 5 heterocycles. The number of carbonyl (C=O) groups excluding carboxylic acids is 3. The van der Waals surface area contributed by atoms with Gasteiger partial charge in [-0.05, 0) is 49.3 Å². The number of ketones is 2. The molecule has 0 radical (unpaired) electrons. The summed E-state index contributed by atoms with van der Waals surface area (Å²) in [6.07, 6.45) is 8.54. The first kappa shape index (κ1) is 62.0. The van der Waals surface area contributed by atoms with E-state index >= 15 is 0 Å². The van der Waals surface area contributed by atoms with E-state index in [4.69, 9.17) is 57.6 Å². The minimum Gasteiger partial charge on any atom is -0.493 e. The molecule has 0 aliphatic carbocycles. The highest BCUT2D eigenvalue weighted by Crippen LogP contribution is 2.43. The van der Waals surface area contributed by atoms with Crippen molar-refractivity contribution in [2.45, 2.75) is 105 Å². The number of nitrogens with zero attached hydrogens (tertiary/aromatic N) is 7. The third kappa shape index (κ3) is 15.6. The van der Waals surface area contributed by atoms with Gasteiger partial charge in [0.1, 0.15) is 30.8 Å². The van der Waals surface area contributed by atoms with Crippen LogP contribution < -0.4 is 28.4 Å². The Morgan fingerprint density at radius 2 is 1.00 bits per heavy atom. The second-order valence-corrected chi connectivity index (χ2v) is 34.6. The average Bonchev–Trinajstić information content (AvgIpc) is 4.16. The quantitative estimate of drug-likeness (QED) is 0.0204. The number of aldehydes is 1. The molecule has 0 unspecified atom stereocenters. The summed E-state index contributed by atoms with van der Waals surface area (Å²) in [5, 5.41) is 0. The molecule has 6 aromatic rings. The second-order valence-electron chi connectivity index (χ2n) is 23.4. The van der Waals surface area contributed by atoms with Gasteiger partial charge in [0.05, 0.1) is 90.8 Å². The van der Waals surface area contributed by atoms with Crippen molar-refractivity contribution >= 4 is 56.3 Å². The van der Waals surface area contributed by atoms with Crippen LogP contribution in [0.3, 0.4) is 0 Å². The van der Waals surface area contributed by atoms with E-state index in [1.807, 2.05) is 36.7 Å². The van der Waals surface area contributed by atoms with E-state index in [1.165, 1.54) is 0 Å². The highest BCUT2D eigenvalue weighted by atomic mass is 28.3. The fourth-order valence-electron chi connectivity index (χ4n) is 8.86. The van der Waals surface area contributed by atoms with Crippen LogP contribution >= 0.6 is 0 Å². The highest BCUT2D eigenvalue weighted by molar-refractivity contribution is 6.76. The maximum Gasteiger partial charge on any atom is 0.203 e. The summed E-state index contributed by atoms with van der Waals surface area (Å²) in [6, 6.07) is 9.32. The first-order valence-corrected chi connectivity index (χ1v) is 34.2. The Kier molecular flexibility index (Phi) is 21.0. The normalized spacial score (nSPS) is 13.5. The molecule has 0 N–H and O–H groups in total. The molecule has 1 aliphatic rings. The van der Waals surface area contributed by atoms with Crippen molar-refractivity contribution in [2.24, 2.45) is 10.8 Å². The van der Waals surface area contributed by atoms with Crippen LogP contribution in [0.2, 0.25) is 51.4 Å². The van der Waals surface area contributed by atoms with Crippen LogP contribution in [0.4, 0.5) is 0 Å². The predicted molar refractivity (Wildman–Crippen MR) is 312 cm³/mol. The number of morpholine rings is 1. The van der Waals surface area contributed by atoms with E-state index in [-0.39, 0.29) is 24.7 Å². The topological polar surface area (TPSA) is 199 Å². The number of hydrogen-bond acceptors (Lipinski definition) is 17. The Hall–Kier alpha value is -6.24. The zero-order chi connectivity index (χ0) is 57.9. The zero-order valence-electron chi connectivity index (χ0n) is 49.4. The molecule has 4 aromatic heterocycles. The van der Waals surface area contributed by atoms with Gasteiger partial charge in [0.25, 0.3) is 0 Å². The molecule has 1 saturated heterocycles. The van der Waals surface area contributed by atoms with E-state index in [2.05, 4.69) is 49.2 Å². The summed E-state index contributed by atoms with van der Waals surface area (Å²) in [5.74, 6) is 2.82. The minimum absolute atomic E-state index is 0.0398. The van der Waals surface area contributed by atoms with Crippen LogP contribution in [0.25, 0.3) is 44.8 Å². The van der Waals surface area contributed by atoms with E-state index in [1.54, 1.807) is 91.8 Å². The molecule has 0 saturated carbocycles. The lowest BCUT2D eigenvalue weighted by atomic mass is 9.81. The van der Waals surface area contributed by atoms with E-state index in [9.17, 15) is 14.4 Å². The maximum atomic E-state index is 14.1. The lowest BCUT2D eigenvalue weighted by Gasteiger charge is -2.30. The number of rotatable bonds is 27. The van der Waals surface area contributed by atoms with E-state index < -0.39 is 27.0 Å². The fourth-order valence-corrected chi connectivity index (χ4v) is 10.4. The smallest absolute Gasteiger partial charge is 0.203 e. The standard InChI is InChI=1S/C31H46N4O6Si.C27H37N3O6Si/c1-31(2,9-10-34-11-13-40-14-12-34)29(36)23-20-35(21-41-15-16-42(6,7)8)30-27(23)33-24(19-32-30)22-17-25(37-3)28(39-5)26(18-22)38-4;1-27(2,9-10-31)25(32)19-16-30(17-36-11-12-37(6,7)8)26-23(19)29-20(15-28-26)18-13-21(33-3)24(35-5)22(14-18)34-4/h17-20H,9-16,21H2,1-8H3;10,13-16H,9,11-12,17H2,1-8H3. The van der Waals surface area contributed by atoms with Gasteiger partial charge in [0, 0.05) is 83.2 Å². The predicted octanol–water partition coefficient (Wildman–Crippen LogP) is 10.6. The molecule has 0 atom stereocenters. The van der Waals surface area contributed by atoms with Crippen LogP contribution in [0.15, 0.2) is 49.1 Å². The summed E-state index contributed by atoms with van der Waals surface area (Å²) >= 11 is 0. The van der Waals surface area contributed by atoms with E-state index in [0.717, 1.165) is 63.2 Å². The first-order valence-electron chi connectivity index (χ1n) is 26.7. The number of ether oxygens (including phenoxy) is 9. The Morgan fingerprint density at radius 1 is 0.608 bits per heavy atom. The highest BCUT2D eigenvalue weighted by Gasteiger charge is 2.34. The Bertz CT molecular complexity index is 3010. The van der Waals surface area contributed by atoms with Gasteiger partial charge in [0.2, 0.25) is 11.5 Å². The van der Waals surface area contributed by atoms with Gasteiger partial charge in [-0.1, -0.05) is 67.0 Å². The third-order valence-electron chi connectivity index (χ3n) is 14.0. The Labute approximate surface area is 467 Å². The number of aromatic nitrogens is 6. The van der Waals surface area contributed by atoms with E-state index in [0.29, 0.717) is 105 Å². The van der Waals surface area contributed by atoms with Crippen molar-refractivity contribution in [3.8, 4) is 57.0 Å². The van der Waals surface area contributed by atoms with Gasteiger partial charge in [-0.25, -0.2) is 19.9 Å². The summed E-state index contributed by atoms with van der Waals surface area (Å²) in [4.78, 5) is 60.6. The van der Waals surface area contributed by atoms with Gasteiger partial charge in [0.15, 0.2) is 45.9 Å². The molecule has 1 fully saturated rings. The molecule has 19 nitrogen and oxygen atoms in total. The number of fused-ring (bicyclic) bond motifs is 2. The molecule has 0 amide bonds. The average molecular weight is 1130 g/mol. The Morgan fingerprint density at radius 3 is 1.35 bits per heavy atom. The molecule has 79 heavy (non-hydrogen) atoms. The van der Waals surface area contributed by atoms with Crippen LogP contribution in [0.1, 0.15) is 61.3 Å². The van der Waals surface area contributed by atoms with Crippen molar-refractivity contribution in [3.63, 3.8) is 0 Å².